The third kappa shape index (κ3) is 4.54. The van der Waals surface area contributed by atoms with Crippen LogP contribution in [0.5, 0.6) is 5.75 Å². The molecule has 2 aromatic carbocycles. The topological polar surface area (TPSA) is 61.5 Å². The summed E-state index contributed by atoms with van der Waals surface area (Å²) in [6.07, 6.45) is -0.622. The number of benzene rings is 2. The van der Waals surface area contributed by atoms with E-state index in [4.69, 9.17) is 15.2 Å². The Morgan fingerprint density at radius 1 is 1.04 bits per heavy atom. The fourth-order valence-electron chi connectivity index (χ4n) is 2.67. The van der Waals surface area contributed by atoms with Crippen molar-refractivity contribution in [2.24, 2.45) is 5.73 Å². The molecule has 25 heavy (non-hydrogen) atoms. The van der Waals surface area contributed by atoms with Crippen molar-refractivity contribution < 1.29 is 23.0 Å². The molecule has 2 rings (SSSR count). The van der Waals surface area contributed by atoms with Gasteiger partial charge >= 0.3 is 5.97 Å². The Labute approximate surface area is 145 Å². The molecule has 0 aliphatic rings. The maximum Gasteiger partial charge on any atom is 0.322 e. The van der Waals surface area contributed by atoms with Crippen LogP contribution in [0.4, 0.5) is 8.78 Å². The number of halogens is 2. The van der Waals surface area contributed by atoms with Crippen LogP contribution in [-0.2, 0) is 9.53 Å². The highest BCUT2D eigenvalue weighted by atomic mass is 19.1. The summed E-state index contributed by atoms with van der Waals surface area (Å²) in [7, 11) is 1.43. The Kier molecular flexibility index (Phi) is 6.09. The van der Waals surface area contributed by atoms with Crippen molar-refractivity contribution >= 4 is 5.97 Å². The van der Waals surface area contributed by atoms with E-state index in [1.807, 2.05) is 0 Å². The normalized spacial score (nSPS) is 14.5. The van der Waals surface area contributed by atoms with Crippen LogP contribution in [0.1, 0.15) is 30.9 Å². The molecule has 0 saturated carbocycles. The minimum absolute atomic E-state index is 0.318. The maximum atomic E-state index is 13.5. The molecule has 0 bridgehead atoms. The molecule has 0 aliphatic carbocycles. The van der Waals surface area contributed by atoms with Crippen LogP contribution in [0.3, 0.4) is 0 Å². The Morgan fingerprint density at radius 3 is 2.20 bits per heavy atom. The summed E-state index contributed by atoms with van der Waals surface area (Å²) in [6.45, 7) is 3.23. The van der Waals surface area contributed by atoms with Crippen LogP contribution in [0, 0.1) is 11.6 Å². The Bertz CT molecular complexity index is 732. The number of rotatable bonds is 6. The summed E-state index contributed by atoms with van der Waals surface area (Å²) in [6, 6.07) is 9.18. The van der Waals surface area contributed by atoms with Gasteiger partial charge in [0.1, 0.15) is 29.5 Å². The molecule has 2 aromatic rings. The van der Waals surface area contributed by atoms with Crippen LogP contribution >= 0.6 is 0 Å². The molecule has 0 aromatic heterocycles. The van der Waals surface area contributed by atoms with Gasteiger partial charge in [0.15, 0.2) is 0 Å². The predicted octanol–water partition coefficient (Wildman–Crippen LogP) is 3.38. The number of ether oxygens (including phenoxy) is 2. The maximum absolute atomic E-state index is 13.5. The van der Waals surface area contributed by atoms with Gasteiger partial charge in [-0.3, -0.25) is 4.79 Å². The molecule has 0 spiro atoms. The van der Waals surface area contributed by atoms with E-state index >= 15 is 0 Å². The van der Waals surface area contributed by atoms with E-state index in [1.54, 1.807) is 25.1 Å². The lowest BCUT2D eigenvalue weighted by atomic mass is 9.86. The van der Waals surface area contributed by atoms with Crippen LogP contribution in [-0.4, -0.2) is 25.2 Å². The zero-order chi connectivity index (χ0) is 18.6. The predicted molar refractivity (Wildman–Crippen MR) is 90.4 cm³/mol. The lowest BCUT2D eigenvalue weighted by Gasteiger charge is -2.27. The monoisotopic (exact) mass is 349 g/mol. The number of carbonyl (C=O) groups is 1. The molecule has 0 amide bonds. The summed E-state index contributed by atoms with van der Waals surface area (Å²) in [5.74, 6) is -1.54. The fraction of sp³-hybridized carbons (Fsp3) is 0.316. The van der Waals surface area contributed by atoms with Gasteiger partial charge in [0.05, 0.1) is 7.11 Å². The molecule has 2 N–H and O–H groups in total. The van der Waals surface area contributed by atoms with Crippen molar-refractivity contribution in [2.45, 2.75) is 31.9 Å². The van der Waals surface area contributed by atoms with Gasteiger partial charge in [0, 0.05) is 17.5 Å². The highest BCUT2D eigenvalue weighted by Gasteiger charge is 2.28. The van der Waals surface area contributed by atoms with Gasteiger partial charge in [0.25, 0.3) is 0 Å². The Hall–Kier alpha value is -2.47. The average Bonchev–Trinajstić information content (AvgIpc) is 2.57. The molecular weight excluding hydrogens is 328 g/mol. The van der Waals surface area contributed by atoms with Crippen molar-refractivity contribution in [2.75, 3.05) is 7.11 Å². The van der Waals surface area contributed by atoms with Crippen molar-refractivity contribution in [1.82, 2.24) is 0 Å². The van der Waals surface area contributed by atoms with Gasteiger partial charge in [-0.2, -0.15) is 0 Å². The highest BCUT2D eigenvalue weighted by molar-refractivity contribution is 5.75. The van der Waals surface area contributed by atoms with Crippen LogP contribution in [0.15, 0.2) is 42.5 Å². The van der Waals surface area contributed by atoms with E-state index in [-0.39, 0.29) is 5.82 Å². The second-order valence-electron chi connectivity index (χ2n) is 5.85. The first-order valence-electron chi connectivity index (χ1n) is 7.88. The summed E-state index contributed by atoms with van der Waals surface area (Å²) in [5.41, 5.74) is 6.89. The zero-order valence-electron chi connectivity index (χ0n) is 14.3. The molecule has 6 heteroatoms. The van der Waals surface area contributed by atoms with Gasteiger partial charge in [-0.1, -0.05) is 18.2 Å². The van der Waals surface area contributed by atoms with Crippen molar-refractivity contribution in [3.8, 4) is 5.75 Å². The van der Waals surface area contributed by atoms with Gasteiger partial charge in [0.2, 0.25) is 0 Å². The summed E-state index contributed by atoms with van der Waals surface area (Å²) in [4.78, 5) is 11.9. The smallest absolute Gasteiger partial charge is 0.322 e. The molecule has 0 radical (unpaired) electrons. The fourth-order valence-corrected chi connectivity index (χ4v) is 2.67. The molecule has 0 saturated heterocycles. The third-order valence-electron chi connectivity index (χ3n) is 3.90. The van der Waals surface area contributed by atoms with E-state index in [1.165, 1.54) is 38.3 Å². The number of hydrogen-bond acceptors (Lipinski definition) is 4. The first kappa shape index (κ1) is 18.9. The lowest BCUT2D eigenvalue weighted by Crippen LogP contribution is -2.33. The van der Waals surface area contributed by atoms with Crippen molar-refractivity contribution in [1.29, 1.82) is 0 Å². The Balaban J connectivity index is 2.49. The quantitative estimate of drug-likeness (QED) is 0.812. The van der Waals surface area contributed by atoms with E-state index in [2.05, 4.69) is 0 Å². The van der Waals surface area contributed by atoms with Crippen LogP contribution in [0.2, 0.25) is 0 Å². The van der Waals surface area contributed by atoms with E-state index < -0.39 is 29.9 Å². The Morgan fingerprint density at radius 2 is 1.64 bits per heavy atom. The molecule has 3 atom stereocenters. The number of nitrogens with two attached hydrogens (primary N) is 1. The summed E-state index contributed by atoms with van der Waals surface area (Å²) < 4.78 is 37.5. The average molecular weight is 349 g/mol. The number of esters is 1. The van der Waals surface area contributed by atoms with E-state index in [9.17, 15) is 13.6 Å². The highest BCUT2D eigenvalue weighted by Crippen LogP contribution is 2.36. The van der Waals surface area contributed by atoms with E-state index in [0.29, 0.717) is 16.9 Å². The van der Waals surface area contributed by atoms with E-state index in [0.717, 1.165) is 0 Å². The minimum atomic E-state index is -0.772. The molecule has 0 aliphatic heterocycles. The molecule has 4 nitrogen and oxygen atoms in total. The van der Waals surface area contributed by atoms with Crippen molar-refractivity contribution in [3.63, 3.8) is 0 Å². The first-order chi connectivity index (χ1) is 11.8. The zero-order valence-corrected chi connectivity index (χ0v) is 14.3. The molecule has 0 unspecified atom stereocenters. The SMILES string of the molecule is COc1cc(F)ccc1[C@H](c1ccc(F)cc1)[C@H](C)OC(=O)[C@H](C)N. The molecule has 0 fully saturated rings. The molecular formula is C19H21F2NO3. The molecule has 134 valence electrons. The summed E-state index contributed by atoms with van der Waals surface area (Å²) >= 11 is 0. The second-order valence-corrected chi connectivity index (χ2v) is 5.85. The van der Waals surface area contributed by atoms with Crippen molar-refractivity contribution in [3.05, 3.63) is 65.2 Å². The number of hydrogen-bond donors (Lipinski definition) is 1. The van der Waals surface area contributed by atoms with Crippen LogP contribution in [0.25, 0.3) is 0 Å². The van der Waals surface area contributed by atoms with Gasteiger partial charge in [-0.15, -0.1) is 0 Å². The lowest BCUT2D eigenvalue weighted by molar-refractivity contribution is -0.150. The number of carbonyl (C=O) groups excluding carboxylic acids is 1. The van der Waals surface area contributed by atoms with Gasteiger partial charge < -0.3 is 15.2 Å². The second kappa shape index (κ2) is 8.07. The number of methoxy groups -OCH3 is 1. The van der Waals surface area contributed by atoms with Crippen LogP contribution < -0.4 is 10.5 Å². The standard InChI is InChI=1S/C19H21F2NO3/c1-11(22)19(23)25-12(2)18(13-4-6-14(20)7-5-13)16-9-8-15(21)10-17(16)24-3/h4-12,18H,22H2,1-3H3/t11-,12-,18-/m0/s1. The minimum Gasteiger partial charge on any atom is -0.496 e. The first-order valence-corrected chi connectivity index (χ1v) is 7.88. The summed E-state index contributed by atoms with van der Waals surface area (Å²) in [5, 5.41) is 0. The van der Waals surface area contributed by atoms with Gasteiger partial charge in [-0.25, -0.2) is 8.78 Å². The van der Waals surface area contributed by atoms with Gasteiger partial charge in [-0.05, 0) is 37.6 Å². The largest absolute Gasteiger partial charge is 0.496 e. The molecule has 0 heterocycles. The third-order valence-corrected chi connectivity index (χ3v) is 3.90.